The topological polar surface area (TPSA) is 51.8 Å². The van der Waals surface area contributed by atoms with E-state index in [1.807, 2.05) is 18.2 Å². The fourth-order valence-corrected chi connectivity index (χ4v) is 7.45. The van der Waals surface area contributed by atoms with E-state index in [0.717, 1.165) is 78.9 Å². The summed E-state index contributed by atoms with van der Waals surface area (Å²) in [5, 5.41) is 6.89. The highest BCUT2D eigenvalue weighted by Gasteiger charge is 2.19. The van der Waals surface area contributed by atoms with Crippen LogP contribution in [0.4, 0.5) is 0 Å². The number of furan rings is 1. The van der Waals surface area contributed by atoms with Gasteiger partial charge in [-0.2, -0.15) is 0 Å². The lowest BCUT2D eigenvalue weighted by molar-refractivity contribution is 0.669. The highest BCUT2D eigenvalue weighted by atomic mass is 16.3. The van der Waals surface area contributed by atoms with Gasteiger partial charge in [-0.15, -0.1) is 0 Å². The summed E-state index contributed by atoms with van der Waals surface area (Å²) in [5.41, 5.74) is 9.29. The Morgan fingerprint density at radius 1 is 0.431 bits per heavy atom. The number of hydrogen-bond acceptors (Lipinski definition) is 4. The van der Waals surface area contributed by atoms with E-state index in [1.165, 1.54) is 16.3 Å². The zero-order chi connectivity index (χ0) is 33.7. The van der Waals surface area contributed by atoms with Gasteiger partial charge < -0.3 is 4.42 Å². The van der Waals surface area contributed by atoms with Gasteiger partial charge in [0.05, 0.1) is 0 Å². The first-order chi connectivity index (χ1) is 25.3. The van der Waals surface area contributed by atoms with Crippen LogP contribution in [0.1, 0.15) is 18.7 Å². The SMILES string of the molecule is C1=CC(c2nc(-c3ccccc3)nc(-c3ccc(-c4cccc5oc6cc(-c7ccc8ccccc8c7)ccc6c45)c4ccccc34)n2)=CCC1. The molecule has 51 heavy (non-hydrogen) atoms. The van der Waals surface area contributed by atoms with Gasteiger partial charge in [0.25, 0.3) is 0 Å². The molecule has 0 aliphatic heterocycles. The molecule has 0 saturated heterocycles. The normalized spacial score (nSPS) is 13.0. The molecule has 0 spiro atoms. The highest BCUT2D eigenvalue weighted by Crippen LogP contribution is 2.42. The van der Waals surface area contributed by atoms with Gasteiger partial charge in [-0.1, -0.05) is 133 Å². The third kappa shape index (κ3) is 5.12. The second kappa shape index (κ2) is 12.0. The van der Waals surface area contributed by atoms with Crippen LogP contribution < -0.4 is 0 Å². The first kappa shape index (κ1) is 29.3. The van der Waals surface area contributed by atoms with Gasteiger partial charge in [-0.25, -0.2) is 15.0 Å². The molecule has 0 saturated carbocycles. The number of fused-ring (bicyclic) bond motifs is 5. The molecule has 1 aliphatic rings. The zero-order valence-electron chi connectivity index (χ0n) is 27.8. The van der Waals surface area contributed by atoms with Gasteiger partial charge >= 0.3 is 0 Å². The third-order valence-electron chi connectivity index (χ3n) is 9.96. The lowest BCUT2D eigenvalue weighted by Gasteiger charge is -2.14. The van der Waals surface area contributed by atoms with Gasteiger partial charge in [-0.05, 0) is 87.0 Å². The second-order valence-corrected chi connectivity index (χ2v) is 13.1. The van der Waals surface area contributed by atoms with Crippen molar-refractivity contribution in [1.29, 1.82) is 0 Å². The Morgan fingerprint density at radius 2 is 1.16 bits per heavy atom. The molecule has 10 rings (SSSR count). The van der Waals surface area contributed by atoms with Crippen LogP contribution in [-0.2, 0) is 0 Å². The van der Waals surface area contributed by atoms with E-state index in [0.29, 0.717) is 17.5 Å². The fourth-order valence-electron chi connectivity index (χ4n) is 7.45. The van der Waals surface area contributed by atoms with Gasteiger partial charge in [0.1, 0.15) is 11.2 Å². The van der Waals surface area contributed by atoms with Crippen LogP contribution in [0, 0.1) is 0 Å². The van der Waals surface area contributed by atoms with Crippen molar-refractivity contribution >= 4 is 49.1 Å². The van der Waals surface area contributed by atoms with Crippen molar-refractivity contribution in [2.24, 2.45) is 0 Å². The predicted molar refractivity (Wildman–Crippen MR) is 210 cm³/mol. The molecule has 0 radical (unpaired) electrons. The molecule has 9 aromatic rings. The first-order valence-corrected chi connectivity index (χ1v) is 17.4. The monoisotopic (exact) mass is 653 g/mol. The molecule has 2 aromatic heterocycles. The second-order valence-electron chi connectivity index (χ2n) is 13.1. The Hall–Kier alpha value is -6.65. The van der Waals surface area contributed by atoms with Crippen molar-refractivity contribution in [2.45, 2.75) is 12.8 Å². The fraction of sp³-hybridized carbons (Fsp3) is 0.0426. The molecule has 0 N–H and O–H groups in total. The summed E-state index contributed by atoms with van der Waals surface area (Å²) in [6.07, 6.45) is 8.54. The van der Waals surface area contributed by atoms with Gasteiger partial charge in [0.2, 0.25) is 0 Å². The number of aromatic nitrogens is 3. The summed E-state index contributed by atoms with van der Waals surface area (Å²) in [6, 6.07) is 51.1. The minimum atomic E-state index is 0.662. The summed E-state index contributed by atoms with van der Waals surface area (Å²) in [6.45, 7) is 0. The minimum absolute atomic E-state index is 0.662. The van der Waals surface area contributed by atoms with Crippen LogP contribution in [0.15, 0.2) is 168 Å². The minimum Gasteiger partial charge on any atom is -0.456 e. The molecule has 240 valence electrons. The van der Waals surface area contributed by atoms with E-state index >= 15 is 0 Å². The molecule has 2 heterocycles. The van der Waals surface area contributed by atoms with Crippen molar-refractivity contribution in [3.8, 4) is 45.0 Å². The summed E-state index contributed by atoms with van der Waals surface area (Å²) >= 11 is 0. The van der Waals surface area contributed by atoms with Gasteiger partial charge in [-0.3, -0.25) is 0 Å². The van der Waals surface area contributed by atoms with Crippen LogP contribution in [0.25, 0.3) is 94.1 Å². The van der Waals surface area contributed by atoms with Crippen molar-refractivity contribution in [1.82, 2.24) is 15.0 Å². The van der Waals surface area contributed by atoms with Crippen molar-refractivity contribution in [3.05, 3.63) is 170 Å². The summed E-state index contributed by atoms with van der Waals surface area (Å²) < 4.78 is 6.56. The van der Waals surface area contributed by atoms with Crippen molar-refractivity contribution < 1.29 is 4.42 Å². The Balaban J connectivity index is 1.13. The maximum Gasteiger partial charge on any atom is 0.164 e. The van der Waals surface area contributed by atoms with Crippen LogP contribution in [0.5, 0.6) is 0 Å². The number of rotatable bonds is 5. The van der Waals surface area contributed by atoms with E-state index in [1.54, 1.807) is 0 Å². The molecule has 0 fully saturated rings. The van der Waals surface area contributed by atoms with Gasteiger partial charge in [0, 0.05) is 27.5 Å². The molecular weight excluding hydrogens is 623 g/mol. The molecule has 0 bridgehead atoms. The lowest BCUT2D eigenvalue weighted by atomic mass is 9.92. The molecule has 4 nitrogen and oxygen atoms in total. The van der Waals surface area contributed by atoms with Gasteiger partial charge in [0.15, 0.2) is 17.5 Å². The number of benzene rings is 7. The smallest absolute Gasteiger partial charge is 0.164 e. The van der Waals surface area contributed by atoms with Crippen molar-refractivity contribution in [2.75, 3.05) is 0 Å². The molecule has 1 aliphatic carbocycles. The summed E-state index contributed by atoms with van der Waals surface area (Å²) in [7, 11) is 0. The number of allylic oxidation sites excluding steroid dienone is 4. The van der Waals surface area contributed by atoms with E-state index in [4.69, 9.17) is 19.4 Å². The van der Waals surface area contributed by atoms with E-state index < -0.39 is 0 Å². The van der Waals surface area contributed by atoms with E-state index in [9.17, 15) is 0 Å². The average Bonchev–Trinajstić information content (AvgIpc) is 3.59. The maximum atomic E-state index is 6.56. The Kier molecular flexibility index (Phi) is 6.91. The highest BCUT2D eigenvalue weighted by molar-refractivity contribution is 6.16. The zero-order valence-corrected chi connectivity index (χ0v) is 27.8. The predicted octanol–water partition coefficient (Wildman–Crippen LogP) is 12.5. The van der Waals surface area contributed by atoms with Crippen LogP contribution in [0.3, 0.4) is 0 Å². The van der Waals surface area contributed by atoms with Crippen LogP contribution in [-0.4, -0.2) is 15.0 Å². The third-order valence-corrected chi connectivity index (χ3v) is 9.96. The summed E-state index contributed by atoms with van der Waals surface area (Å²) in [5.74, 6) is 2.02. The number of nitrogens with zero attached hydrogens (tertiary/aromatic N) is 3. The molecule has 0 unspecified atom stereocenters. The molecule has 0 amide bonds. The molecule has 7 aromatic carbocycles. The standard InChI is InChI=1S/C47H31N3O/c1-3-13-31(14-4-1)45-48-46(32-15-5-2-6-16-32)50-47(49-45)40-27-26-38(36-18-9-10-19-37(36)40)39-20-11-21-42-44(39)41-25-24-35(29-43(41)51-42)34-23-22-30-12-7-8-17-33(30)28-34/h1,3-5,7-29H,2,6H2. The van der Waals surface area contributed by atoms with E-state index in [-0.39, 0.29) is 0 Å². The van der Waals surface area contributed by atoms with Crippen molar-refractivity contribution in [3.63, 3.8) is 0 Å². The van der Waals surface area contributed by atoms with E-state index in [2.05, 4.69) is 146 Å². The lowest BCUT2D eigenvalue weighted by Crippen LogP contribution is -2.03. The number of hydrogen-bond donors (Lipinski definition) is 0. The quantitative estimate of drug-likeness (QED) is 0.185. The van der Waals surface area contributed by atoms with Crippen LogP contribution >= 0.6 is 0 Å². The average molecular weight is 654 g/mol. The Morgan fingerprint density at radius 3 is 2.02 bits per heavy atom. The maximum absolute atomic E-state index is 6.56. The first-order valence-electron chi connectivity index (χ1n) is 17.4. The molecular formula is C47H31N3O. The Labute approximate surface area is 295 Å². The molecule has 0 atom stereocenters. The molecule has 4 heteroatoms. The van der Waals surface area contributed by atoms with Crippen LogP contribution in [0.2, 0.25) is 0 Å². The Bertz CT molecular complexity index is 2860. The largest absolute Gasteiger partial charge is 0.456 e. The summed E-state index contributed by atoms with van der Waals surface area (Å²) in [4.78, 5) is 15.1.